The average Bonchev–Trinajstić information content (AvgIpc) is 3.05. The van der Waals surface area contributed by atoms with E-state index >= 15 is 0 Å². The van der Waals surface area contributed by atoms with E-state index < -0.39 is 33.7 Å². The van der Waals surface area contributed by atoms with Crippen molar-refractivity contribution < 1.29 is 27.4 Å². The quantitative estimate of drug-likeness (QED) is 0.549. The normalized spacial score (nSPS) is 15.8. The molecule has 11 nitrogen and oxygen atoms in total. The van der Waals surface area contributed by atoms with E-state index in [0.29, 0.717) is 0 Å². The number of aromatic nitrogens is 3. The molecule has 1 atom stereocenters. The van der Waals surface area contributed by atoms with Crippen LogP contribution in [0.15, 0.2) is 52.2 Å². The number of anilines is 2. The van der Waals surface area contributed by atoms with Gasteiger partial charge < -0.3 is 9.84 Å². The van der Waals surface area contributed by atoms with Gasteiger partial charge in [-0.15, -0.1) is 0 Å². The van der Waals surface area contributed by atoms with E-state index in [1.54, 1.807) is 0 Å². The van der Waals surface area contributed by atoms with Gasteiger partial charge in [-0.1, -0.05) is 0 Å². The molecule has 0 radical (unpaired) electrons. The lowest BCUT2D eigenvalue weighted by atomic mass is 10.2. The molecule has 0 aliphatic carbocycles. The molecule has 2 aromatic carbocycles. The van der Waals surface area contributed by atoms with Gasteiger partial charge in [0.2, 0.25) is 0 Å². The first kappa shape index (κ1) is 20.4. The third kappa shape index (κ3) is 3.70. The third-order valence-electron chi connectivity index (χ3n) is 4.68. The molecule has 1 aromatic heterocycles. The van der Waals surface area contributed by atoms with Gasteiger partial charge in [0.1, 0.15) is 11.6 Å². The summed E-state index contributed by atoms with van der Waals surface area (Å²) < 4.78 is 48.1. The molecule has 1 aliphatic rings. The molecule has 3 N–H and O–H groups in total. The number of carboxylic acid groups (broad SMARTS) is 1. The minimum Gasteiger partial charge on any atom is -0.478 e. The number of nitrogens with one attached hydrogen (secondary N) is 2. The Hall–Kier alpha value is -3.87. The number of amides is 1. The second kappa shape index (κ2) is 7.43. The standard InChI is InChI=1S/C18H16FN5O6S/c1-23-16(21-22-17(23)25)15-9-24(31(28,29)12-5-2-10(19)3-6-12)13-8-11(20-18(26)27)4-7-14(13)30-15/h2-8,15,20H,9H2,1H3,(H,22,25)(H,26,27). The van der Waals surface area contributed by atoms with Crippen LogP contribution in [-0.4, -0.2) is 40.9 Å². The number of rotatable bonds is 4. The minimum absolute atomic E-state index is 0.0763. The van der Waals surface area contributed by atoms with Crippen LogP contribution in [0, 0.1) is 5.82 Å². The summed E-state index contributed by atoms with van der Waals surface area (Å²) in [4.78, 5) is 22.6. The van der Waals surface area contributed by atoms with Gasteiger partial charge >= 0.3 is 11.8 Å². The monoisotopic (exact) mass is 449 g/mol. The third-order valence-corrected chi connectivity index (χ3v) is 6.48. The van der Waals surface area contributed by atoms with Crippen molar-refractivity contribution in [3.63, 3.8) is 0 Å². The maximum atomic E-state index is 13.4. The number of fused-ring (bicyclic) bond motifs is 1. The summed E-state index contributed by atoms with van der Waals surface area (Å²) in [7, 11) is -2.74. The van der Waals surface area contributed by atoms with Gasteiger partial charge in [-0.05, 0) is 42.5 Å². The number of carbonyl (C=O) groups is 1. The molecular formula is C18H16FN5O6S. The highest BCUT2D eigenvalue weighted by Crippen LogP contribution is 2.42. The maximum Gasteiger partial charge on any atom is 0.409 e. The molecule has 2 heterocycles. The van der Waals surface area contributed by atoms with Crippen LogP contribution in [-0.2, 0) is 17.1 Å². The summed E-state index contributed by atoms with van der Waals surface area (Å²) in [6.07, 6.45) is -2.26. The number of sulfonamides is 1. The minimum atomic E-state index is -4.20. The summed E-state index contributed by atoms with van der Waals surface area (Å²) in [5.74, 6) is -0.297. The number of benzene rings is 2. The Balaban J connectivity index is 1.84. The molecule has 3 aromatic rings. The summed E-state index contributed by atoms with van der Waals surface area (Å²) in [6.45, 7) is -0.263. The van der Waals surface area contributed by atoms with E-state index in [0.717, 1.165) is 28.6 Å². The zero-order chi connectivity index (χ0) is 22.3. The Labute approximate surface area is 174 Å². The molecule has 31 heavy (non-hydrogen) atoms. The summed E-state index contributed by atoms with van der Waals surface area (Å²) >= 11 is 0. The Morgan fingerprint density at radius 2 is 2.00 bits per heavy atom. The molecule has 162 valence electrons. The van der Waals surface area contributed by atoms with E-state index in [1.807, 2.05) is 0 Å². The highest BCUT2D eigenvalue weighted by molar-refractivity contribution is 7.92. The molecule has 0 fully saturated rings. The zero-order valence-electron chi connectivity index (χ0n) is 15.9. The summed E-state index contributed by atoms with van der Waals surface area (Å²) in [5, 5.41) is 17.3. The van der Waals surface area contributed by atoms with E-state index in [9.17, 15) is 22.4 Å². The van der Waals surface area contributed by atoms with Crippen LogP contribution in [0.5, 0.6) is 5.75 Å². The average molecular weight is 449 g/mol. The molecule has 0 saturated carbocycles. The van der Waals surface area contributed by atoms with Crippen molar-refractivity contribution in [2.75, 3.05) is 16.2 Å². The van der Waals surface area contributed by atoms with Crippen molar-refractivity contribution in [3.05, 3.63) is 64.6 Å². The first-order valence-corrected chi connectivity index (χ1v) is 10.3. The number of nitrogens with zero attached hydrogens (tertiary/aromatic N) is 3. The van der Waals surface area contributed by atoms with Crippen LogP contribution in [0.25, 0.3) is 0 Å². The number of hydrogen-bond acceptors (Lipinski definition) is 6. The smallest absolute Gasteiger partial charge is 0.409 e. The number of hydrogen-bond donors (Lipinski definition) is 3. The number of ether oxygens (including phenoxy) is 1. The number of aromatic amines is 1. The predicted molar refractivity (Wildman–Crippen MR) is 106 cm³/mol. The maximum absolute atomic E-state index is 13.4. The second-order valence-corrected chi connectivity index (χ2v) is 8.52. The molecular weight excluding hydrogens is 433 g/mol. The Bertz CT molecular complexity index is 1320. The van der Waals surface area contributed by atoms with Crippen molar-refractivity contribution in [1.29, 1.82) is 0 Å². The molecule has 0 spiro atoms. The SMILES string of the molecule is Cn1c(C2CN(S(=O)(=O)c3ccc(F)cc3)c3cc(NC(=O)O)ccc3O2)n[nH]c1=O. The van der Waals surface area contributed by atoms with Gasteiger partial charge in [0.05, 0.1) is 17.1 Å². The van der Waals surface area contributed by atoms with Gasteiger partial charge in [0.25, 0.3) is 10.0 Å². The largest absolute Gasteiger partial charge is 0.478 e. The molecule has 13 heteroatoms. The highest BCUT2D eigenvalue weighted by Gasteiger charge is 2.37. The molecule has 4 rings (SSSR count). The van der Waals surface area contributed by atoms with E-state index in [4.69, 9.17) is 9.84 Å². The fraction of sp³-hybridized carbons (Fsp3) is 0.167. The van der Waals surface area contributed by atoms with Crippen LogP contribution in [0.3, 0.4) is 0 Å². The van der Waals surface area contributed by atoms with Gasteiger partial charge in [-0.2, -0.15) is 5.10 Å². The predicted octanol–water partition coefficient (Wildman–Crippen LogP) is 1.67. The molecule has 1 aliphatic heterocycles. The van der Waals surface area contributed by atoms with Crippen LogP contribution < -0.4 is 20.0 Å². The first-order valence-electron chi connectivity index (χ1n) is 8.87. The van der Waals surface area contributed by atoms with Crippen LogP contribution in [0.2, 0.25) is 0 Å². The molecule has 1 amide bonds. The second-order valence-electron chi connectivity index (χ2n) is 6.66. The van der Waals surface area contributed by atoms with Gasteiger partial charge in [-0.3, -0.25) is 14.2 Å². The van der Waals surface area contributed by atoms with E-state index in [-0.39, 0.29) is 34.4 Å². The number of halogens is 1. The lowest BCUT2D eigenvalue weighted by Crippen LogP contribution is -2.40. The van der Waals surface area contributed by atoms with Gasteiger partial charge in [0.15, 0.2) is 11.9 Å². The molecule has 0 bridgehead atoms. The van der Waals surface area contributed by atoms with Crippen LogP contribution >= 0.6 is 0 Å². The summed E-state index contributed by atoms with van der Waals surface area (Å²) in [6, 6.07) is 8.41. The first-order chi connectivity index (χ1) is 14.7. The lowest BCUT2D eigenvalue weighted by Gasteiger charge is -2.35. The van der Waals surface area contributed by atoms with Crippen LogP contribution in [0.1, 0.15) is 11.9 Å². The zero-order valence-corrected chi connectivity index (χ0v) is 16.8. The van der Waals surface area contributed by atoms with E-state index in [1.165, 1.54) is 29.8 Å². The molecule has 1 unspecified atom stereocenters. The van der Waals surface area contributed by atoms with Crippen molar-refractivity contribution in [2.45, 2.75) is 11.0 Å². The van der Waals surface area contributed by atoms with Gasteiger partial charge in [-0.25, -0.2) is 27.5 Å². The molecule has 0 saturated heterocycles. The fourth-order valence-electron chi connectivity index (χ4n) is 3.20. The number of H-pyrrole nitrogens is 1. The topological polar surface area (TPSA) is 147 Å². The Kier molecular flexibility index (Phi) is 4.89. The Morgan fingerprint density at radius 1 is 1.29 bits per heavy atom. The highest BCUT2D eigenvalue weighted by atomic mass is 32.2. The summed E-state index contributed by atoms with van der Waals surface area (Å²) in [5.41, 5.74) is -0.300. The van der Waals surface area contributed by atoms with Crippen molar-refractivity contribution in [1.82, 2.24) is 14.8 Å². The lowest BCUT2D eigenvalue weighted by molar-refractivity contribution is 0.190. The fourth-order valence-corrected chi connectivity index (χ4v) is 4.66. The van der Waals surface area contributed by atoms with Crippen molar-refractivity contribution in [2.24, 2.45) is 7.05 Å². The Morgan fingerprint density at radius 3 is 2.61 bits per heavy atom. The van der Waals surface area contributed by atoms with Crippen LogP contribution in [0.4, 0.5) is 20.6 Å². The van der Waals surface area contributed by atoms with Crippen molar-refractivity contribution in [3.8, 4) is 5.75 Å². The van der Waals surface area contributed by atoms with Gasteiger partial charge in [0, 0.05) is 12.7 Å². The van der Waals surface area contributed by atoms with Crippen molar-refractivity contribution >= 4 is 27.5 Å². The van der Waals surface area contributed by atoms with E-state index in [2.05, 4.69) is 15.5 Å².